The van der Waals surface area contributed by atoms with E-state index in [1.54, 1.807) is 0 Å². The highest BCUT2D eigenvalue weighted by Crippen LogP contribution is 2.34. The normalized spacial score (nSPS) is 17.1. The van der Waals surface area contributed by atoms with Crippen LogP contribution in [-0.2, 0) is 5.41 Å². The van der Waals surface area contributed by atoms with Crippen molar-refractivity contribution < 1.29 is 0 Å². The zero-order valence-electron chi connectivity index (χ0n) is 13.0. The Hall–Kier alpha value is -1.02. The maximum Gasteiger partial charge on any atom is 0.0405 e. The van der Waals surface area contributed by atoms with Crippen LogP contribution in [0.4, 0.5) is 5.69 Å². The van der Waals surface area contributed by atoms with Crippen LogP contribution in [0.25, 0.3) is 0 Å². The minimum atomic E-state index is 0.189. The lowest BCUT2D eigenvalue weighted by molar-refractivity contribution is 0.557. The van der Waals surface area contributed by atoms with E-state index < -0.39 is 0 Å². The van der Waals surface area contributed by atoms with Crippen molar-refractivity contribution in [2.24, 2.45) is 0 Å². The molecule has 0 saturated carbocycles. The van der Waals surface area contributed by atoms with Crippen LogP contribution in [0.1, 0.15) is 51.7 Å². The predicted molar refractivity (Wildman–Crippen MR) is 83.3 cm³/mol. The highest BCUT2D eigenvalue weighted by atomic mass is 15.2. The summed E-state index contributed by atoms with van der Waals surface area (Å²) in [7, 11) is 0. The van der Waals surface area contributed by atoms with Gasteiger partial charge in [0.2, 0.25) is 0 Å². The van der Waals surface area contributed by atoms with Crippen LogP contribution < -0.4 is 10.2 Å². The molecule has 1 aliphatic heterocycles. The number of rotatable bonds is 2. The Labute approximate surface area is 118 Å². The lowest BCUT2D eigenvalue weighted by Crippen LogP contribution is -2.41. The molecule has 2 rings (SSSR count). The summed E-state index contributed by atoms with van der Waals surface area (Å²) in [6.45, 7) is 15.5. The molecular weight excluding hydrogens is 232 g/mol. The monoisotopic (exact) mass is 259 g/mol. The molecule has 1 aromatic carbocycles. The summed E-state index contributed by atoms with van der Waals surface area (Å²) in [5.74, 6) is 0.589. The Kier molecular flexibility index (Phi) is 4.19. The summed E-state index contributed by atoms with van der Waals surface area (Å²) in [6.07, 6.45) is 0. The summed E-state index contributed by atoms with van der Waals surface area (Å²) in [5.41, 5.74) is 4.51. The highest BCUT2D eigenvalue weighted by Gasteiger charge is 2.23. The second-order valence-electron chi connectivity index (χ2n) is 6.84. The van der Waals surface area contributed by atoms with E-state index >= 15 is 0 Å². The van der Waals surface area contributed by atoms with Gasteiger partial charge >= 0.3 is 0 Å². The van der Waals surface area contributed by atoms with Gasteiger partial charge in [0, 0.05) is 31.9 Å². The van der Waals surface area contributed by atoms with E-state index in [0.29, 0.717) is 5.92 Å². The molecule has 1 radical (unpaired) electrons. The smallest absolute Gasteiger partial charge is 0.0405 e. The summed E-state index contributed by atoms with van der Waals surface area (Å²) < 4.78 is 0. The molecular formula is C17H27N2. The summed E-state index contributed by atoms with van der Waals surface area (Å²) >= 11 is 0. The van der Waals surface area contributed by atoms with Gasteiger partial charge in [0.15, 0.2) is 0 Å². The number of hydrogen-bond acceptors (Lipinski definition) is 1. The van der Waals surface area contributed by atoms with E-state index in [0.717, 1.165) is 26.2 Å². The summed E-state index contributed by atoms with van der Waals surface area (Å²) in [4.78, 5) is 2.50. The standard InChI is InChI=1S/C17H27N2/c1-13(2)14-6-7-16(15(12-14)17(3,4)5)19-10-8-18-9-11-19/h6-7,12-13H,8-11H2,1-5H3. The van der Waals surface area contributed by atoms with Gasteiger partial charge in [-0.15, -0.1) is 0 Å². The molecule has 0 aliphatic carbocycles. The SMILES string of the molecule is CC(C)c1ccc(N2CC[N]CC2)c(C(C)(C)C)c1. The molecule has 0 atom stereocenters. The number of benzene rings is 1. The van der Waals surface area contributed by atoms with Gasteiger partial charge in [-0.05, 0) is 28.5 Å². The maximum absolute atomic E-state index is 4.45. The Balaban J connectivity index is 2.41. The van der Waals surface area contributed by atoms with Crippen molar-refractivity contribution in [3.63, 3.8) is 0 Å². The van der Waals surface area contributed by atoms with Crippen molar-refractivity contribution in [1.82, 2.24) is 5.32 Å². The Morgan fingerprint density at radius 2 is 1.74 bits per heavy atom. The molecule has 2 nitrogen and oxygen atoms in total. The van der Waals surface area contributed by atoms with E-state index in [-0.39, 0.29) is 5.41 Å². The van der Waals surface area contributed by atoms with Crippen LogP contribution in [-0.4, -0.2) is 26.2 Å². The van der Waals surface area contributed by atoms with Crippen LogP contribution in [0.2, 0.25) is 0 Å². The molecule has 1 fully saturated rings. The molecule has 19 heavy (non-hydrogen) atoms. The number of piperazine rings is 1. The summed E-state index contributed by atoms with van der Waals surface area (Å²) in [6, 6.07) is 7.02. The zero-order chi connectivity index (χ0) is 14.0. The van der Waals surface area contributed by atoms with Crippen LogP contribution in [0, 0.1) is 0 Å². The minimum Gasteiger partial charge on any atom is -0.369 e. The largest absolute Gasteiger partial charge is 0.369 e. The van der Waals surface area contributed by atoms with E-state index in [9.17, 15) is 0 Å². The average molecular weight is 259 g/mol. The van der Waals surface area contributed by atoms with Crippen LogP contribution in [0.5, 0.6) is 0 Å². The fourth-order valence-electron chi connectivity index (χ4n) is 2.64. The van der Waals surface area contributed by atoms with Crippen molar-refractivity contribution in [1.29, 1.82) is 0 Å². The number of nitrogens with zero attached hydrogens (tertiary/aromatic N) is 2. The lowest BCUT2D eigenvalue weighted by atomic mass is 9.83. The molecule has 1 heterocycles. The third kappa shape index (κ3) is 3.30. The second kappa shape index (κ2) is 5.54. The van der Waals surface area contributed by atoms with Crippen molar-refractivity contribution in [2.45, 2.75) is 46.0 Å². The Morgan fingerprint density at radius 1 is 1.11 bits per heavy atom. The first-order valence-electron chi connectivity index (χ1n) is 7.42. The van der Waals surface area contributed by atoms with Crippen molar-refractivity contribution in [3.8, 4) is 0 Å². The zero-order valence-corrected chi connectivity index (χ0v) is 13.0. The van der Waals surface area contributed by atoms with Gasteiger partial charge in [-0.3, -0.25) is 0 Å². The van der Waals surface area contributed by atoms with Crippen molar-refractivity contribution in [3.05, 3.63) is 29.3 Å². The molecule has 1 saturated heterocycles. The molecule has 0 bridgehead atoms. The van der Waals surface area contributed by atoms with E-state index in [2.05, 4.69) is 63.0 Å². The summed E-state index contributed by atoms with van der Waals surface area (Å²) in [5, 5.41) is 4.45. The molecule has 1 aliphatic rings. The fraction of sp³-hybridized carbons (Fsp3) is 0.647. The number of hydrogen-bond donors (Lipinski definition) is 0. The van der Waals surface area contributed by atoms with Gasteiger partial charge in [-0.25, -0.2) is 5.32 Å². The third-order valence-corrected chi connectivity index (χ3v) is 3.89. The fourth-order valence-corrected chi connectivity index (χ4v) is 2.64. The van der Waals surface area contributed by atoms with E-state index in [1.165, 1.54) is 16.8 Å². The molecule has 2 heteroatoms. The van der Waals surface area contributed by atoms with Crippen LogP contribution >= 0.6 is 0 Å². The topological polar surface area (TPSA) is 17.3 Å². The van der Waals surface area contributed by atoms with Gasteiger partial charge in [0.1, 0.15) is 0 Å². The molecule has 0 N–H and O–H groups in total. The quantitative estimate of drug-likeness (QED) is 0.794. The maximum atomic E-state index is 4.45. The third-order valence-electron chi connectivity index (χ3n) is 3.89. The first-order valence-corrected chi connectivity index (χ1v) is 7.42. The van der Waals surface area contributed by atoms with Crippen molar-refractivity contribution >= 4 is 5.69 Å². The van der Waals surface area contributed by atoms with E-state index in [1.807, 2.05) is 0 Å². The number of anilines is 1. The first-order chi connectivity index (χ1) is 8.89. The Bertz CT molecular complexity index is 423. The molecule has 105 valence electrons. The molecule has 0 amide bonds. The predicted octanol–water partition coefficient (Wildman–Crippen LogP) is 3.53. The minimum absolute atomic E-state index is 0.189. The van der Waals surface area contributed by atoms with Gasteiger partial charge < -0.3 is 4.90 Å². The molecule has 0 unspecified atom stereocenters. The molecule has 0 spiro atoms. The average Bonchev–Trinajstić information content (AvgIpc) is 2.38. The lowest BCUT2D eigenvalue weighted by Gasteiger charge is -2.34. The molecule has 1 aromatic rings. The van der Waals surface area contributed by atoms with Crippen LogP contribution in [0.15, 0.2) is 18.2 Å². The van der Waals surface area contributed by atoms with E-state index in [4.69, 9.17) is 0 Å². The van der Waals surface area contributed by atoms with Gasteiger partial charge in [0.25, 0.3) is 0 Å². The second-order valence-corrected chi connectivity index (χ2v) is 6.84. The van der Waals surface area contributed by atoms with Crippen molar-refractivity contribution in [2.75, 3.05) is 31.1 Å². The molecule has 0 aromatic heterocycles. The van der Waals surface area contributed by atoms with Gasteiger partial charge in [0.05, 0.1) is 0 Å². The van der Waals surface area contributed by atoms with Gasteiger partial charge in [-0.1, -0.05) is 46.8 Å². The first kappa shape index (κ1) is 14.4. The highest BCUT2D eigenvalue weighted by molar-refractivity contribution is 5.58. The van der Waals surface area contributed by atoms with Crippen LogP contribution in [0.3, 0.4) is 0 Å². The van der Waals surface area contributed by atoms with Gasteiger partial charge in [-0.2, -0.15) is 0 Å². The Morgan fingerprint density at radius 3 is 2.26 bits per heavy atom.